The maximum absolute atomic E-state index is 12.6. The molecule has 0 aliphatic carbocycles. The predicted molar refractivity (Wildman–Crippen MR) is 121 cm³/mol. The van der Waals surface area contributed by atoms with Gasteiger partial charge in [-0.3, -0.25) is 18.9 Å². The molecule has 0 aliphatic heterocycles. The second-order valence-corrected chi connectivity index (χ2v) is 7.78. The molecule has 152 valence electrons. The van der Waals surface area contributed by atoms with Crippen LogP contribution in [0.1, 0.15) is 16.7 Å². The van der Waals surface area contributed by atoms with Crippen LogP contribution < -0.4 is 16.7 Å². The van der Waals surface area contributed by atoms with Crippen LogP contribution in [-0.4, -0.2) is 25.3 Å². The van der Waals surface area contributed by atoms with E-state index in [0.717, 1.165) is 21.2 Å². The number of aryl methyl sites for hydroxylation is 2. The molecule has 0 saturated heterocycles. The molecule has 0 spiro atoms. The number of nitrogens with one attached hydrogen (secondary N) is 2. The van der Waals surface area contributed by atoms with Crippen molar-refractivity contribution in [3.63, 3.8) is 0 Å². The standard InChI is InChI=1S/C21H19BrN6O2/c1-13-5-3-4-6-15(13)12-28-17-18(27(2)21(30)25-19(17)29)24-20(28)26-23-11-14-7-9-16(22)10-8-14/h3-11H,12H2,1-2H3,(H,24,26)(H,25,29,30)/b23-11-. The molecule has 30 heavy (non-hydrogen) atoms. The van der Waals surface area contributed by atoms with Crippen LogP contribution in [0.5, 0.6) is 0 Å². The van der Waals surface area contributed by atoms with Gasteiger partial charge in [0.15, 0.2) is 11.2 Å². The van der Waals surface area contributed by atoms with E-state index in [-0.39, 0.29) is 0 Å². The van der Waals surface area contributed by atoms with Crippen LogP contribution in [0, 0.1) is 6.92 Å². The Kier molecular flexibility index (Phi) is 5.37. The largest absolute Gasteiger partial charge is 0.329 e. The molecule has 0 radical (unpaired) electrons. The molecule has 0 unspecified atom stereocenters. The summed E-state index contributed by atoms with van der Waals surface area (Å²) in [5.74, 6) is 0.369. The van der Waals surface area contributed by atoms with Crippen LogP contribution in [0.15, 0.2) is 67.7 Å². The van der Waals surface area contributed by atoms with Crippen LogP contribution in [0.3, 0.4) is 0 Å². The van der Waals surface area contributed by atoms with Gasteiger partial charge < -0.3 is 0 Å². The number of H-pyrrole nitrogens is 1. The van der Waals surface area contributed by atoms with Crippen LogP contribution in [-0.2, 0) is 13.6 Å². The Morgan fingerprint density at radius 3 is 2.63 bits per heavy atom. The monoisotopic (exact) mass is 466 g/mol. The van der Waals surface area contributed by atoms with E-state index in [1.54, 1.807) is 17.8 Å². The zero-order valence-electron chi connectivity index (χ0n) is 16.4. The second-order valence-electron chi connectivity index (χ2n) is 6.86. The van der Waals surface area contributed by atoms with Crippen molar-refractivity contribution in [3.8, 4) is 0 Å². The first kappa shape index (κ1) is 19.8. The van der Waals surface area contributed by atoms with Gasteiger partial charge in [-0.05, 0) is 35.7 Å². The molecule has 0 atom stereocenters. The zero-order chi connectivity index (χ0) is 21.3. The topological polar surface area (TPSA) is 97.1 Å². The zero-order valence-corrected chi connectivity index (χ0v) is 18.0. The third-order valence-corrected chi connectivity index (χ3v) is 5.37. The fraction of sp³-hybridized carbons (Fsp3) is 0.143. The fourth-order valence-corrected chi connectivity index (χ4v) is 3.41. The van der Waals surface area contributed by atoms with Crippen molar-refractivity contribution in [2.75, 3.05) is 5.43 Å². The predicted octanol–water partition coefficient (Wildman–Crippen LogP) is 2.99. The molecule has 2 aromatic carbocycles. The summed E-state index contributed by atoms with van der Waals surface area (Å²) in [6.07, 6.45) is 1.66. The SMILES string of the molecule is Cc1ccccc1Cn1c(N/N=C\c2ccc(Br)cc2)nc2c1c(=O)[nH]c(=O)n2C. The van der Waals surface area contributed by atoms with Crippen molar-refractivity contribution in [3.05, 3.63) is 90.5 Å². The van der Waals surface area contributed by atoms with Gasteiger partial charge in [0.2, 0.25) is 5.95 Å². The summed E-state index contributed by atoms with van der Waals surface area (Å²) in [4.78, 5) is 31.4. The van der Waals surface area contributed by atoms with E-state index < -0.39 is 11.2 Å². The highest BCUT2D eigenvalue weighted by molar-refractivity contribution is 9.10. The Morgan fingerprint density at radius 2 is 1.90 bits per heavy atom. The first-order chi connectivity index (χ1) is 14.4. The number of aromatic nitrogens is 4. The van der Waals surface area contributed by atoms with Gasteiger partial charge in [0, 0.05) is 11.5 Å². The number of hydrogen-bond acceptors (Lipinski definition) is 5. The smallest absolute Gasteiger partial charge is 0.298 e. The Labute approximate surface area is 180 Å². The number of imidazole rings is 1. The molecule has 4 aromatic rings. The van der Waals surface area contributed by atoms with Gasteiger partial charge in [-0.1, -0.05) is 52.3 Å². The van der Waals surface area contributed by atoms with E-state index in [1.165, 1.54) is 4.57 Å². The Bertz CT molecular complexity index is 1370. The lowest BCUT2D eigenvalue weighted by atomic mass is 10.1. The Morgan fingerprint density at radius 1 is 1.17 bits per heavy atom. The molecule has 0 amide bonds. The van der Waals surface area contributed by atoms with E-state index in [2.05, 4.69) is 36.4 Å². The van der Waals surface area contributed by atoms with Gasteiger partial charge in [0.1, 0.15) is 0 Å². The average Bonchev–Trinajstić information content (AvgIpc) is 3.08. The number of anilines is 1. The van der Waals surface area contributed by atoms with Crippen LogP contribution >= 0.6 is 15.9 Å². The number of fused-ring (bicyclic) bond motifs is 1. The molecule has 4 rings (SSSR count). The highest BCUT2D eigenvalue weighted by Crippen LogP contribution is 2.19. The summed E-state index contributed by atoms with van der Waals surface area (Å²) in [6, 6.07) is 15.6. The minimum Gasteiger partial charge on any atom is -0.298 e. The second kappa shape index (κ2) is 8.11. The number of aromatic amines is 1. The molecule has 0 aliphatic rings. The number of benzene rings is 2. The normalized spacial score (nSPS) is 11.4. The van der Waals surface area contributed by atoms with Gasteiger partial charge in [-0.15, -0.1) is 0 Å². The van der Waals surface area contributed by atoms with Crippen molar-refractivity contribution in [1.82, 2.24) is 19.1 Å². The van der Waals surface area contributed by atoms with Crippen molar-refractivity contribution >= 4 is 39.3 Å². The van der Waals surface area contributed by atoms with Crippen LogP contribution in [0.2, 0.25) is 0 Å². The summed E-state index contributed by atoms with van der Waals surface area (Å²) in [7, 11) is 1.57. The summed E-state index contributed by atoms with van der Waals surface area (Å²) in [6.45, 7) is 2.41. The molecule has 8 nitrogen and oxygen atoms in total. The summed E-state index contributed by atoms with van der Waals surface area (Å²) < 4.78 is 4.02. The third kappa shape index (κ3) is 3.84. The van der Waals surface area contributed by atoms with E-state index in [1.807, 2.05) is 55.5 Å². The number of nitrogens with zero attached hydrogens (tertiary/aromatic N) is 4. The lowest BCUT2D eigenvalue weighted by Crippen LogP contribution is -2.29. The van der Waals surface area contributed by atoms with Crippen molar-refractivity contribution in [2.24, 2.45) is 12.1 Å². The molecule has 2 heterocycles. The lowest BCUT2D eigenvalue weighted by Gasteiger charge is -2.10. The quantitative estimate of drug-likeness (QED) is 0.349. The summed E-state index contributed by atoms with van der Waals surface area (Å²) in [5, 5.41) is 4.27. The Hall–Kier alpha value is -3.46. The highest BCUT2D eigenvalue weighted by atomic mass is 79.9. The van der Waals surface area contributed by atoms with Crippen LogP contribution in [0.25, 0.3) is 11.2 Å². The number of rotatable bonds is 5. The maximum atomic E-state index is 12.6. The van der Waals surface area contributed by atoms with Gasteiger partial charge in [-0.2, -0.15) is 10.1 Å². The highest BCUT2D eigenvalue weighted by Gasteiger charge is 2.17. The maximum Gasteiger partial charge on any atom is 0.329 e. The molecule has 9 heteroatoms. The summed E-state index contributed by atoms with van der Waals surface area (Å²) in [5.41, 5.74) is 5.54. The number of hydrazone groups is 1. The lowest BCUT2D eigenvalue weighted by molar-refractivity contribution is 0.805. The molecule has 0 fully saturated rings. The molecular formula is C21H19BrN6O2. The van der Waals surface area contributed by atoms with E-state index in [0.29, 0.717) is 23.7 Å². The fourth-order valence-electron chi connectivity index (χ4n) is 3.15. The van der Waals surface area contributed by atoms with Gasteiger partial charge in [-0.25, -0.2) is 10.2 Å². The molecule has 2 aromatic heterocycles. The van der Waals surface area contributed by atoms with E-state index in [4.69, 9.17) is 0 Å². The minimum atomic E-state index is -0.516. The molecule has 2 N–H and O–H groups in total. The average molecular weight is 467 g/mol. The third-order valence-electron chi connectivity index (χ3n) is 4.84. The van der Waals surface area contributed by atoms with Gasteiger partial charge in [0.25, 0.3) is 5.56 Å². The van der Waals surface area contributed by atoms with E-state index in [9.17, 15) is 9.59 Å². The number of halogens is 1. The van der Waals surface area contributed by atoms with Crippen LogP contribution in [0.4, 0.5) is 5.95 Å². The first-order valence-electron chi connectivity index (χ1n) is 9.23. The van der Waals surface area contributed by atoms with Crippen molar-refractivity contribution in [1.29, 1.82) is 0 Å². The van der Waals surface area contributed by atoms with Gasteiger partial charge >= 0.3 is 5.69 Å². The Balaban J connectivity index is 1.79. The van der Waals surface area contributed by atoms with Crippen molar-refractivity contribution < 1.29 is 0 Å². The van der Waals surface area contributed by atoms with E-state index >= 15 is 0 Å². The minimum absolute atomic E-state index is 0.290. The molecular weight excluding hydrogens is 448 g/mol. The summed E-state index contributed by atoms with van der Waals surface area (Å²) >= 11 is 3.40. The molecule has 0 bridgehead atoms. The van der Waals surface area contributed by atoms with Crippen molar-refractivity contribution in [2.45, 2.75) is 13.5 Å². The van der Waals surface area contributed by atoms with Gasteiger partial charge in [0.05, 0.1) is 12.8 Å². The number of hydrogen-bond donors (Lipinski definition) is 2. The molecule has 0 saturated carbocycles. The first-order valence-corrected chi connectivity index (χ1v) is 10.0.